The second-order valence-electron chi connectivity index (χ2n) is 9.09. The summed E-state index contributed by atoms with van der Waals surface area (Å²) in [5.74, 6) is -0.579. The topological polar surface area (TPSA) is 52.6 Å². The molecule has 4 heteroatoms. The first-order valence-electron chi connectivity index (χ1n) is 11.0. The van der Waals surface area contributed by atoms with Gasteiger partial charge in [-0.2, -0.15) is 0 Å². The summed E-state index contributed by atoms with van der Waals surface area (Å²) in [6.07, 6.45) is 5.43. The summed E-state index contributed by atoms with van der Waals surface area (Å²) in [6, 6.07) is 19.6. The molecule has 1 aliphatic rings. The van der Waals surface area contributed by atoms with Crippen LogP contribution in [0.4, 0.5) is 0 Å². The van der Waals surface area contributed by atoms with E-state index < -0.39 is 23.1 Å². The number of benzene rings is 2. The molecule has 1 aliphatic carbocycles. The zero-order valence-electron chi connectivity index (χ0n) is 18.7. The van der Waals surface area contributed by atoms with Gasteiger partial charge >= 0.3 is 5.97 Å². The van der Waals surface area contributed by atoms with Crippen LogP contribution in [0, 0.1) is 5.41 Å². The highest BCUT2D eigenvalue weighted by atomic mass is 16.6. The van der Waals surface area contributed by atoms with Crippen LogP contribution in [0.25, 0.3) is 6.08 Å². The predicted molar refractivity (Wildman–Crippen MR) is 122 cm³/mol. The van der Waals surface area contributed by atoms with Crippen molar-refractivity contribution in [1.29, 1.82) is 0 Å². The van der Waals surface area contributed by atoms with Crippen LogP contribution in [0.5, 0.6) is 0 Å². The van der Waals surface area contributed by atoms with Gasteiger partial charge in [0, 0.05) is 6.42 Å². The lowest BCUT2D eigenvalue weighted by Crippen LogP contribution is -2.53. The molecule has 0 saturated heterocycles. The number of esters is 1. The normalized spacial score (nSPS) is 20.5. The lowest BCUT2D eigenvalue weighted by Gasteiger charge is -2.40. The van der Waals surface area contributed by atoms with Crippen LogP contribution in [0.3, 0.4) is 0 Å². The average Bonchev–Trinajstić information content (AvgIpc) is 2.75. The van der Waals surface area contributed by atoms with Crippen molar-refractivity contribution in [2.75, 3.05) is 0 Å². The molecule has 0 N–H and O–H groups in total. The molecule has 0 aromatic heterocycles. The van der Waals surface area contributed by atoms with E-state index in [9.17, 15) is 9.59 Å². The molecule has 0 unspecified atom stereocenters. The molecule has 0 amide bonds. The maximum absolute atomic E-state index is 13.5. The highest BCUT2D eigenvalue weighted by Gasteiger charge is 2.54. The molecule has 0 spiro atoms. The SMILES string of the molecule is CC(C)(C)OC(=O)[C@@]1([C@H](/C=C/c2ccccc2)OCc2ccccc2)CCCCC1=O. The van der Waals surface area contributed by atoms with Crippen molar-refractivity contribution >= 4 is 17.8 Å². The summed E-state index contributed by atoms with van der Waals surface area (Å²) in [6.45, 7) is 5.78. The van der Waals surface area contributed by atoms with Gasteiger partial charge in [0.15, 0.2) is 11.2 Å². The smallest absolute Gasteiger partial charge is 0.323 e. The van der Waals surface area contributed by atoms with Gasteiger partial charge in [-0.15, -0.1) is 0 Å². The van der Waals surface area contributed by atoms with Gasteiger partial charge in [0.2, 0.25) is 0 Å². The molecule has 164 valence electrons. The number of rotatable bonds is 7. The van der Waals surface area contributed by atoms with E-state index in [2.05, 4.69) is 0 Å². The van der Waals surface area contributed by atoms with Gasteiger partial charge in [0.25, 0.3) is 0 Å². The third-order valence-electron chi connectivity index (χ3n) is 5.51. The Morgan fingerprint density at radius 3 is 2.29 bits per heavy atom. The molecule has 0 aliphatic heterocycles. The zero-order chi connectivity index (χ0) is 22.3. The molecule has 1 fully saturated rings. The van der Waals surface area contributed by atoms with Gasteiger partial charge in [-0.05, 0) is 44.7 Å². The molecule has 31 heavy (non-hydrogen) atoms. The maximum atomic E-state index is 13.5. The van der Waals surface area contributed by atoms with Crippen molar-refractivity contribution < 1.29 is 19.1 Å². The molecule has 2 aromatic carbocycles. The summed E-state index contributed by atoms with van der Waals surface area (Å²) in [4.78, 5) is 26.7. The molecule has 2 aromatic rings. The second kappa shape index (κ2) is 10.1. The van der Waals surface area contributed by atoms with Crippen LogP contribution in [0.15, 0.2) is 66.7 Å². The van der Waals surface area contributed by atoms with E-state index in [4.69, 9.17) is 9.47 Å². The van der Waals surface area contributed by atoms with Crippen LogP contribution in [0.1, 0.15) is 57.6 Å². The van der Waals surface area contributed by atoms with Gasteiger partial charge in [-0.25, -0.2) is 0 Å². The molecule has 0 bridgehead atoms. The zero-order valence-corrected chi connectivity index (χ0v) is 18.7. The standard InChI is InChI=1S/C27H32O4/c1-26(2,3)31-25(29)27(19-11-10-16-23(27)28)24(18-17-21-12-6-4-7-13-21)30-20-22-14-8-5-9-15-22/h4-9,12-15,17-18,24H,10-11,16,19-20H2,1-3H3/b18-17+/t24-,27-/m0/s1. The molecule has 4 nitrogen and oxygen atoms in total. The maximum Gasteiger partial charge on any atom is 0.323 e. The van der Waals surface area contributed by atoms with Gasteiger partial charge in [0.05, 0.1) is 12.7 Å². The number of hydrogen-bond acceptors (Lipinski definition) is 4. The fourth-order valence-electron chi connectivity index (χ4n) is 3.94. The fourth-order valence-corrected chi connectivity index (χ4v) is 3.94. The Morgan fingerprint density at radius 1 is 1.03 bits per heavy atom. The van der Waals surface area contributed by atoms with E-state index in [0.29, 0.717) is 19.4 Å². The second-order valence-corrected chi connectivity index (χ2v) is 9.09. The number of carbonyl (C=O) groups is 2. The van der Waals surface area contributed by atoms with Crippen molar-refractivity contribution in [1.82, 2.24) is 0 Å². The molecule has 0 radical (unpaired) electrons. The van der Waals surface area contributed by atoms with Crippen molar-refractivity contribution in [2.24, 2.45) is 5.41 Å². The molecule has 0 heterocycles. The Hall–Kier alpha value is -2.72. The number of ether oxygens (including phenoxy) is 2. The molecule has 1 saturated carbocycles. The summed E-state index contributed by atoms with van der Waals surface area (Å²) in [5.41, 5.74) is -0.0396. The number of hydrogen-bond donors (Lipinski definition) is 0. The highest BCUT2D eigenvalue weighted by Crippen LogP contribution is 2.41. The minimum absolute atomic E-state index is 0.0937. The van der Waals surface area contributed by atoms with Crippen molar-refractivity contribution in [3.63, 3.8) is 0 Å². The Labute approximate surface area is 185 Å². The lowest BCUT2D eigenvalue weighted by atomic mass is 9.68. The first-order chi connectivity index (χ1) is 14.8. The van der Waals surface area contributed by atoms with E-state index in [1.807, 2.05) is 93.6 Å². The van der Waals surface area contributed by atoms with E-state index in [1.54, 1.807) is 0 Å². The number of carbonyl (C=O) groups excluding carboxylic acids is 2. The lowest BCUT2D eigenvalue weighted by molar-refractivity contribution is -0.181. The Kier molecular flexibility index (Phi) is 7.45. The Morgan fingerprint density at radius 2 is 1.68 bits per heavy atom. The number of Topliss-reactive ketones (excluding diaryl/α,β-unsaturated/α-hetero) is 1. The highest BCUT2D eigenvalue weighted by molar-refractivity contribution is 6.05. The summed E-state index contributed by atoms with van der Waals surface area (Å²) < 4.78 is 12.1. The van der Waals surface area contributed by atoms with Crippen LogP contribution < -0.4 is 0 Å². The molecule has 3 rings (SSSR count). The van der Waals surface area contributed by atoms with Crippen LogP contribution in [0.2, 0.25) is 0 Å². The molecule has 2 atom stereocenters. The van der Waals surface area contributed by atoms with Crippen molar-refractivity contribution in [3.05, 3.63) is 77.9 Å². The first kappa shape index (κ1) is 23.0. The quantitative estimate of drug-likeness (QED) is 0.422. The van der Waals surface area contributed by atoms with Gasteiger partial charge in [0.1, 0.15) is 5.60 Å². The fraction of sp³-hybridized carbons (Fsp3) is 0.407. The van der Waals surface area contributed by atoms with E-state index in [-0.39, 0.29) is 5.78 Å². The van der Waals surface area contributed by atoms with Gasteiger partial charge < -0.3 is 9.47 Å². The predicted octanol–water partition coefficient (Wildman–Crippen LogP) is 5.76. The summed E-state index contributed by atoms with van der Waals surface area (Å²) in [5, 5.41) is 0. The van der Waals surface area contributed by atoms with Crippen LogP contribution in [-0.2, 0) is 25.7 Å². The van der Waals surface area contributed by atoms with Crippen molar-refractivity contribution in [2.45, 2.75) is 64.8 Å². The van der Waals surface area contributed by atoms with E-state index >= 15 is 0 Å². The largest absolute Gasteiger partial charge is 0.459 e. The third-order valence-corrected chi connectivity index (χ3v) is 5.51. The third kappa shape index (κ3) is 5.92. The average molecular weight is 421 g/mol. The summed E-state index contributed by atoms with van der Waals surface area (Å²) in [7, 11) is 0. The summed E-state index contributed by atoms with van der Waals surface area (Å²) >= 11 is 0. The Balaban J connectivity index is 1.97. The molecular weight excluding hydrogens is 388 g/mol. The van der Waals surface area contributed by atoms with E-state index in [1.165, 1.54) is 0 Å². The number of ketones is 1. The van der Waals surface area contributed by atoms with Gasteiger partial charge in [-0.1, -0.05) is 79.2 Å². The monoisotopic (exact) mass is 420 g/mol. The minimum atomic E-state index is -1.33. The van der Waals surface area contributed by atoms with Gasteiger partial charge in [-0.3, -0.25) is 9.59 Å². The van der Waals surface area contributed by atoms with E-state index in [0.717, 1.165) is 24.0 Å². The first-order valence-corrected chi connectivity index (χ1v) is 11.0. The Bertz CT molecular complexity index is 896. The van der Waals surface area contributed by atoms with Crippen LogP contribution in [-0.4, -0.2) is 23.5 Å². The molecular formula is C27H32O4. The minimum Gasteiger partial charge on any atom is -0.459 e. The van der Waals surface area contributed by atoms with Crippen LogP contribution >= 0.6 is 0 Å². The van der Waals surface area contributed by atoms with Crippen molar-refractivity contribution in [3.8, 4) is 0 Å².